The van der Waals surface area contributed by atoms with Crippen LogP contribution in [0.15, 0.2) is 146 Å². The van der Waals surface area contributed by atoms with Crippen molar-refractivity contribution in [1.29, 1.82) is 0 Å². The Morgan fingerprint density at radius 1 is 0.463 bits per heavy atom. The molecule has 1 nitrogen and oxygen atoms in total. The van der Waals surface area contributed by atoms with Gasteiger partial charge in [0.25, 0.3) is 0 Å². The fourth-order valence-electron chi connectivity index (χ4n) is 9.52. The Morgan fingerprint density at radius 2 is 1.06 bits per heavy atom. The summed E-state index contributed by atoms with van der Waals surface area (Å²) in [5, 5.41) is 2.61. The van der Waals surface area contributed by atoms with E-state index >= 15 is 0 Å². The third kappa shape index (κ3) is 4.69. The maximum atomic E-state index is 2.55. The summed E-state index contributed by atoms with van der Waals surface area (Å²) < 4.78 is 2.61. The second-order valence-corrected chi connectivity index (χ2v) is 18.4. The van der Waals surface area contributed by atoms with Crippen LogP contribution < -0.4 is 4.90 Å². The molecule has 0 saturated carbocycles. The zero-order chi connectivity index (χ0) is 37.1. The lowest BCUT2D eigenvalue weighted by Crippen LogP contribution is -2.17. The molecule has 0 amide bonds. The number of para-hydroxylation sites is 1. The van der Waals surface area contributed by atoms with Crippen LogP contribution >= 0.6 is 11.3 Å². The van der Waals surface area contributed by atoms with Crippen LogP contribution in [0.5, 0.6) is 0 Å². The first-order chi connectivity index (χ1) is 25.9. The van der Waals surface area contributed by atoms with Crippen LogP contribution in [0.2, 0.25) is 0 Å². The van der Waals surface area contributed by atoms with E-state index in [1.807, 2.05) is 11.3 Å². The van der Waals surface area contributed by atoms with Gasteiger partial charge in [0.15, 0.2) is 0 Å². The molecule has 0 spiro atoms. The van der Waals surface area contributed by atoms with Crippen molar-refractivity contribution in [2.45, 2.75) is 64.7 Å². The molecule has 7 aromatic carbocycles. The Bertz CT molecular complexity index is 2820. The fourth-order valence-corrected chi connectivity index (χ4v) is 10.7. The molecule has 0 fully saturated rings. The van der Waals surface area contributed by atoms with E-state index in [4.69, 9.17) is 0 Å². The largest absolute Gasteiger partial charge is 0.308 e. The van der Waals surface area contributed by atoms with Crippen molar-refractivity contribution in [1.82, 2.24) is 0 Å². The standard InChI is InChI=1S/C52H45NS/c1-50(2,3)32-26-28-40-43(30-32)52(6,7)42-22-14-19-38(48(40)42)36-17-9-12-23-45(36)53(46-24-15-20-39-37-18-10-13-25-47(37)54-49(39)46)33-27-29-35-34-16-8-11-21-41(34)51(4,5)44(35)31-33/h8-31H,1-7H3. The summed E-state index contributed by atoms with van der Waals surface area (Å²) in [6, 6.07) is 55.1. The zero-order valence-corrected chi connectivity index (χ0v) is 33.0. The maximum absolute atomic E-state index is 2.55. The van der Waals surface area contributed by atoms with Gasteiger partial charge >= 0.3 is 0 Å². The fraction of sp³-hybridized carbons (Fsp3) is 0.192. The number of anilines is 3. The smallest absolute Gasteiger partial charge is 0.0640 e. The molecule has 1 heterocycles. The molecular weight excluding hydrogens is 671 g/mol. The van der Waals surface area contributed by atoms with Crippen molar-refractivity contribution >= 4 is 48.6 Å². The minimum Gasteiger partial charge on any atom is -0.308 e. The van der Waals surface area contributed by atoms with Gasteiger partial charge in [0.2, 0.25) is 0 Å². The van der Waals surface area contributed by atoms with Gasteiger partial charge in [-0.1, -0.05) is 164 Å². The first-order valence-corrected chi connectivity index (χ1v) is 20.1. The van der Waals surface area contributed by atoms with E-state index in [1.54, 1.807) is 0 Å². The maximum Gasteiger partial charge on any atom is 0.0640 e. The number of hydrogen-bond donors (Lipinski definition) is 0. The lowest BCUT2D eigenvalue weighted by atomic mass is 9.79. The molecule has 264 valence electrons. The molecular formula is C52H45NS. The van der Waals surface area contributed by atoms with Gasteiger partial charge in [-0.05, 0) is 91.4 Å². The third-order valence-electron chi connectivity index (χ3n) is 12.5. The number of hydrogen-bond acceptors (Lipinski definition) is 2. The summed E-state index contributed by atoms with van der Waals surface area (Å²) in [6.45, 7) is 16.5. The Labute approximate surface area is 323 Å². The van der Waals surface area contributed by atoms with Crippen LogP contribution in [0.1, 0.15) is 76.3 Å². The summed E-state index contributed by atoms with van der Waals surface area (Å²) in [5.41, 5.74) is 18.3. The Kier molecular flexibility index (Phi) is 7.08. The molecule has 0 bridgehead atoms. The molecule has 54 heavy (non-hydrogen) atoms. The molecule has 2 aliphatic carbocycles. The molecule has 8 aromatic rings. The van der Waals surface area contributed by atoms with E-state index in [2.05, 4.69) is 199 Å². The van der Waals surface area contributed by atoms with Gasteiger partial charge < -0.3 is 4.90 Å². The second kappa shape index (κ2) is 11.5. The minimum absolute atomic E-state index is 0.0786. The number of rotatable bonds is 4. The van der Waals surface area contributed by atoms with Crippen LogP contribution in [-0.2, 0) is 16.2 Å². The number of benzene rings is 7. The quantitative estimate of drug-likeness (QED) is 0.175. The SMILES string of the molecule is CC(C)(C)c1ccc2c(c1)C(C)(C)c1cccc(-c3ccccc3N(c3ccc4c(c3)C(C)(C)c3ccccc3-4)c3cccc4c3sc3ccccc34)c1-2. The van der Waals surface area contributed by atoms with Gasteiger partial charge in [0.05, 0.1) is 16.1 Å². The Morgan fingerprint density at radius 3 is 1.89 bits per heavy atom. The van der Waals surface area contributed by atoms with E-state index in [-0.39, 0.29) is 16.2 Å². The molecule has 1 aromatic heterocycles. The average molecular weight is 716 g/mol. The van der Waals surface area contributed by atoms with Gasteiger partial charge in [-0.15, -0.1) is 11.3 Å². The molecule has 0 aliphatic heterocycles. The van der Waals surface area contributed by atoms with E-state index < -0.39 is 0 Å². The highest BCUT2D eigenvalue weighted by atomic mass is 32.1. The highest BCUT2D eigenvalue weighted by Gasteiger charge is 2.39. The molecule has 2 heteroatoms. The average Bonchev–Trinajstić information content (AvgIpc) is 3.75. The summed E-state index contributed by atoms with van der Waals surface area (Å²) in [4.78, 5) is 2.55. The van der Waals surface area contributed by atoms with Gasteiger partial charge in [0.1, 0.15) is 0 Å². The second-order valence-electron chi connectivity index (χ2n) is 17.4. The number of nitrogens with zero attached hydrogens (tertiary/aromatic N) is 1. The van der Waals surface area contributed by atoms with Crippen molar-refractivity contribution in [3.63, 3.8) is 0 Å². The van der Waals surface area contributed by atoms with Gasteiger partial charge in [0, 0.05) is 37.6 Å². The Hall–Kier alpha value is -5.44. The first kappa shape index (κ1) is 33.2. The molecule has 0 unspecified atom stereocenters. The normalized spacial score (nSPS) is 14.9. The van der Waals surface area contributed by atoms with Crippen LogP contribution in [0.4, 0.5) is 17.1 Å². The third-order valence-corrected chi connectivity index (χ3v) is 13.7. The van der Waals surface area contributed by atoms with E-state index in [0.29, 0.717) is 0 Å². The van der Waals surface area contributed by atoms with Crippen molar-refractivity contribution < 1.29 is 0 Å². The van der Waals surface area contributed by atoms with Gasteiger partial charge in [-0.2, -0.15) is 0 Å². The lowest BCUT2D eigenvalue weighted by molar-refractivity contribution is 0.584. The van der Waals surface area contributed by atoms with E-state index in [1.165, 1.54) is 98.4 Å². The minimum atomic E-state index is -0.113. The highest BCUT2D eigenvalue weighted by molar-refractivity contribution is 7.26. The van der Waals surface area contributed by atoms with E-state index in [0.717, 1.165) is 0 Å². The summed E-state index contributed by atoms with van der Waals surface area (Å²) in [6.07, 6.45) is 0. The number of fused-ring (bicyclic) bond motifs is 9. The molecule has 0 atom stereocenters. The van der Waals surface area contributed by atoms with Crippen molar-refractivity contribution in [3.05, 3.63) is 173 Å². The monoisotopic (exact) mass is 715 g/mol. The summed E-state index contributed by atoms with van der Waals surface area (Å²) in [7, 11) is 0. The van der Waals surface area contributed by atoms with Crippen molar-refractivity contribution in [2.24, 2.45) is 0 Å². The summed E-state index contributed by atoms with van der Waals surface area (Å²) >= 11 is 1.89. The lowest BCUT2D eigenvalue weighted by Gasteiger charge is -2.30. The topological polar surface area (TPSA) is 3.24 Å². The predicted molar refractivity (Wildman–Crippen MR) is 233 cm³/mol. The molecule has 0 radical (unpaired) electrons. The summed E-state index contributed by atoms with van der Waals surface area (Å²) in [5.74, 6) is 0. The van der Waals surface area contributed by atoms with Crippen LogP contribution in [-0.4, -0.2) is 0 Å². The van der Waals surface area contributed by atoms with Crippen molar-refractivity contribution in [2.75, 3.05) is 4.90 Å². The number of thiophene rings is 1. The first-order valence-electron chi connectivity index (χ1n) is 19.3. The Balaban J connectivity index is 1.24. The molecule has 0 N–H and O–H groups in total. The van der Waals surface area contributed by atoms with Crippen LogP contribution in [0.25, 0.3) is 53.6 Å². The molecule has 0 saturated heterocycles. The van der Waals surface area contributed by atoms with Crippen LogP contribution in [0, 0.1) is 0 Å². The molecule has 10 rings (SSSR count). The van der Waals surface area contributed by atoms with E-state index in [9.17, 15) is 0 Å². The zero-order valence-electron chi connectivity index (χ0n) is 32.2. The van der Waals surface area contributed by atoms with Crippen LogP contribution in [0.3, 0.4) is 0 Å². The van der Waals surface area contributed by atoms with Crippen molar-refractivity contribution in [3.8, 4) is 33.4 Å². The van der Waals surface area contributed by atoms with Gasteiger partial charge in [-0.25, -0.2) is 0 Å². The van der Waals surface area contributed by atoms with Gasteiger partial charge in [-0.3, -0.25) is 0 Å². The molecule has 2 aliphatic rings. The highest BCUT2D eigenvalue weighted by Crippen LogP contribution is 2.56. The predicted octanol–water partition coefficient (Wildman–Crippen LogP) is 15.1.